The maximum atomic E-state index is 6.24. The fraction of sp³-hybridized carbons (Fsp3) is 0.571. The molecule has 1 heterocycles. The van der Waals surface area contributed by atoms with Crippen molar-refractivity contribution in [3.8, 4) is 0 Å². The number of hydrogen-bond donors (Lipinski definition) is 1. The molecule has 0 aliphatic carbocycles. The summed E-state index contributed by atoms with van der Waals surface area (Å²) in [6.45, 7) is 7.44. The molecule has 0 aromatic heterocycles. The van der Waals surface area contributed by atoms with Gasteiger partial charge in [0.25, 0.3) is 0 Å². The Hall–Kier alpha value is -0.280. The molecule has 1 fully saturated rings. The molecular weight excluding hydrogens is 267 g/mol. The van der Waals surface area contributed by atoms with Crippen molar-refractivity contribution in [3.05, 3.63) is 33.8 Å². The van der Waals surface area contributed by atoms with Crippen molar-refractivity contribution in [3.63, 3.8) is 0 Å². The second-order valence-electron chi connectivity index (χ2n) is 5.04. The molecule has 2 atom stereocenters. The zero-order valence-corrected chi connectivity index (χ0v) is 12.4. The number of nitrogens with one attached hydrogen (secondary N) is 1. The second-order valence-corrected chi connectivity index (χ2v) is 5.88. The molecule has 2 unspecified atom stereocenters. The lowest BCUT2D eigenvalue weighted by Gasteiger charge is -2.39. The second kappa shape index (κ2) is 6.25. The van der Waals surface area contributed by atoms with Crippen LogP contribution in [0.25, 0.3) is 0 Å². The number of halogens is 2. The van der Waals surface area contributed by atoms with Gasteiger partial charge in [0.2, 0.25) is 0 Å². The highest BCUT2D eigenvalue weighted by Crippen LogP contribution is 2.24. The van der Waals surface area contributed by atoms with Gasteiger partial charge in [-0.05, 0) is 37.1 Å². The van der Waals surface area contributed by atoms with Gasteiger partial charge in [-0.25, -0.2) is 0 Å². The van der Waals surface area contributed by atoms with Crippen molar-refractivity contribution in [1.82, 2.24) is 10.2 Å². The Morgan fingerprint density at radius 3 is 2.89 bits per heavy atom. The molecule has 0 amide bonds. The lowest BCUT2D eigenvalue weighted by molar-refractivity contribution is 0.124. The summed E-state index contributed by atoms with van der Waals surface area (Å²) >= 11 is 12.3. The van der Waals surface area contributed by atoms with E-state index in [0.29, 0.717) is 12.1 Å². The minimum absolute atomic E-state index is 0.533. The van der Waals surface area contributed by atoms with Gasteiger partial charge in [-0.1, -0.05) is 30.1 Å². The zero-order chi connectivity index (χ0) is 13.1. The summed E-state index contributed by atoms with van der Waals surface area (Å²) in [6, 6.07) is 6.81. The van der Waals surface area contributed by atoms with E-state index in [1.54, 1.807) is 0 Å². The molecule has 0 spiro atoms. The molecule has 100 valence electrons. The minimum Gasteiger partial charge on any atom is -0.311 e. The van der Waals surface area contributed by atoms with Gasteiger partial charge in [0.1, 0.15) is 0 Å². The van der Waals surface area contributed by atoms with E-state index < -0.39 is 0 Å². The average molecular weight is 287 g/mol. The molecule has 1 aromatic carbocycles. The van der Waals surface area contributed by atoms with E-state index in [4.69, 9.17) is 23.2 Å². The van der Waals surface area contributed by atoms with Crippen LogP contribution in [0.15, 0.2) is 18.2 Å². The summed E-state index contributed by atoms with van der Waals surface area (Å²) in [4.78, 5) is 2.50. The molecule has 18 heavy (non-hydrogen) atoms. The van der Waals surface area contributed by atoms with Crippen molar-refractivity contribution in [1.29, 1.82) is 0 Å². The molecule has 1 aliphatic rings. The van der Waals surface area contributed by atoms with Crippen LogP contribution in [-0.2, 0) is 6.54 Å². The van der Waals surface area contributed by atoms with Gasteiger partial charge < -0.3 is 5.32 Å². The third-order valence-corrected chi connectivity index (χ3v) is 4.18. The standard InChI is InChI=1S/C14H20Cl2N2/c1-3-13-7-17-10(2)8-18(13)9-11-6-12(15)4-5-14(11)16/h4-6,10,13,17H,3,7-9H2,1-2H3. The van der Waals surface area contributed by atoms with E-state index in [-0.39, 0.29) is 0 Å². The van der Waals surface area contributed by atoms with Gasteiger partial charge in [0, 0.05) is 41.8 Å². The Labute approximate surface area is 119 Å². The summed E-state index contributed by atoms with van der Waals surface area (Å²) in [6.07, 6.45) is 1.15. The van der Waals surface area contributed by atoms with Crippen molar-refractivity contribution in [2.75, 3.05) is 13.1 Å². The molecule has 0 radical (unpaired) electrons. The Kier molecular flexibility index (Phi) is 4.91. The smallest absolute Gasteiger partial charge is 0.0452 e. The molecule has 2 nitrogen and oxygen atoms in total. The van der Waals surface area contributed by atoms with Crippen molar-refractivity contribution < 1.29 is 0 Å². The van der Waals surface area contributed by atoms with Gasteiger partial charge in [-0.15, -0.1) is 0 Å². The Balaban J connectivity index is 2.12. The molecule has 0 bridgehead atoms. The minimum atomic E-state index is 0.533. The van der Waals surface area contributed by atoms with E-state index in [1.807, 2.05) is 18.2 Å². The first-order valence-corrected chi connectivity index (χ1v) is 7.27. The molecular formula is C14H20Cl2N2. The van der Waals surface area contributed by atoms with Gasteiger partial charge >= 0.3 is 0 Å². The molecule has 1 N–H and O–H groups in total. The lowest BCUT2D eigenvalue weighted by Crippen LogP contribution is -2.54. The Bertz CT molecular complexity index is 409. The number of piperazine rings is 1. The maximum absolute atomic E-state index is 6.24. The van der Waals surface area contributed by atoms with E-state index in [2.05, 4.69) is 24.1 Å². The van der Waals surface area contributed by atoms with Gasteiger partial charge in [-0.2, -0.15) is 0 Å². The summed E-state index contributed by atoms with van der Waals surface area (Å²) in [5.41, 5.74) is 1.12. The largest absolute Gasteiger partial charge is 0.311 e. The zero-order valence-electron chi connectivity index (χ0n) is 10.9. The monoisotopic (exact) mass is 286 g/mol. The average Bonchev–Trinajstić information content (AvgIpc) is 2.34. The summed E-state index contributed by atoms with van der Waals surface area (Å²) in [7, 11) is 0. The third kappa shape index (κ3) is 3.39. The van der Waals surface area contributed by atoms with Crippen molar-refractivity contribution in [2.45, 2.75) is 38.9 Å². The fourth-order valence-electron chi connectivity index (χ4n) is 2.51. The summed E-state index contributed by atoms with van der Waals surface area (Å²) in [5.74, 6) is 0. The number of nitrogens with zero attached hydrogens (tertiary/aromatic N) is 1. The summed E-state index contributed by atoms with van der Waals surface area (Å²) < 4.78 is 0. The van der Waals surface area contributed by atoms with Crippen LogP contribution >= 0.6 is 23.2 Å². The number of rotatable bonds is 3. The topological polar surface area (TPSA) is 15.3 Å². The van der Waals surface area contributed by atoms with E-state index in [9.17, 15) is 0 Å². The van der Waals surface area contributed by atoms with Crippen LogP contribution < -0.4 is 5.32 Å². The van der Waals surface area contributed by atoms with E-state index in [1.165, 1.54) is 0 Å². The van der Waals surface area contributed by atoms with Crippen LogP contribution in [-0.4, -0.2) is 30.1 Å². The van der Waals surface area contributed by atoms with Crippen LogP contribution in [0.2, 0.25) is 10.0 Å². The highest BCUT2D eigenvalue weighted by Gasteiger charge is 2.24. The number of hydrogen-bond acceptors (Lipinski definition) is 2. The molecule has 4 heteroatoms. The van der Waals surface area contributed by atoms with Crippen LogP contribution in [0.4, 0.5) is 0 Å². The summed E-state index contributed by atoms with van der Waals surface area (Å²) in [5, 5.41) is 5.09. The SMILES string of the molecule is CCC1CNC(C)CN1Cc1cc(Cl)ccc1Cl. The van der Waals surface area contributed by atoms with E-state index >= 15 is 0 Å². The fourth-order valence-corrected chi connectivity index (χ4v) is 2.88. The van der Waals surface area contributed by atoms with Crippen LogP contribution in [0.5, 0.6) is 0 Å². The maximum Gasteiger partial charge on any atom is 0.0452 e. The third-order valence-electron chi connectivity index (χ3n) is 3.58. The first-order valence-electron chi connectivity index (χ1n) is 6.51. The quantitative estimate of drug-likeness (QED) is 0.914. The Morgan fingerprint density at radius 2 is 2.17 bits per heavy atom. The highest BCUT2D eigenvalue weighted by molar-refractivity contribution is 6.33. The van der Waals surface area contributed by atoms with Crippen LogP contribution in [0.3, 0.4) is 0 Å². The van der Waals surface area contributed by atoms with Crippen LogP contribution in [0, 0.1) is 0 Å². The first-order chi connectivity index (χ1) is 8.60. The normalized spacial score (nSPS) is 25.3. The predicted octanol–water partition coefficient (Wildman–Crippen LogP) is 3.57. The molecule has 1 aromatic rings. The van der Waals surface area contributed by atoms with Crippen molar-refractivity contribution >= 4 is 23.2 Å². The molecule has 1 saturated heterocycles. The predicted molar refractivity (Wildman–Crippen MR) is 78.4 cm³/mol. The highest BCUT2D eigenvalue weighted by atomic mass is 35.5. The first kappa shape index (κ1) is 14.1. The van der Waals surface area contributed by atoms with E-state index in [0.717, 1.165) is 41.7 Å². The molecule has 1 aliphatic heterocycles. The lowest BCUT2D eigenvalue weighted by atomic mass is 10.1. The number of benzene rings is 1. The van der Waals surface area contributed by atoms with Gasteiger partial charge in [0.05, 0.1) is 0 Å². The molecule has 2 rings (SSSR count). The van der Waals surface area contributed by atoms with Crippen molar-refractivity contribution in [2.24, 2.45) is 0 Å². The molecule has 0 saturated carbocycles. The van der Waals surface area contributed by atoms with Gasteiger partial charge in [-0.3, -0.25) is 4.90 Å². The van der Waals surface area contributed by atoms with Crippen LogP contribution in [0.1, 0.15) is 25.8 Å². The Morgan fingerprint density at radius 1 is 1.39 bits per heavy atom. The van der Waals surface area contributed by atoms with Gasteiger partial charge in [0.15, 0.2) is 0 Å².